The minimum atomic E-state index is -0.634. The molecule has 0 radical (unpaired) electrons. The molecule has 194 valence electrons. The lowest BCUT2D eigenvalue weighted by atomic mass is 9.95. The maximum absolute atomic E-state index is 13.5. The summed E-state index contributed by atoms with van der Waals surface area (Å²) in [5.74, 6) is 0.318. The van der Waals surface area contributed by atoms with Crippen molar-refractivity contribution in [3.63, 3.8) is 0 Å². The van der Waals surface area contributed by atoms with Gasteiger partial charge in [0.15, 0.2) is 5.17 Å². The number of aliphatic imine (C=N–C) groups is 2. The summed E-state index contributed by atoms with van der Waals surface area (Å²) < 4.78 is 0. The Morgan fingerprint density at radius 1 is 1.17 bits per heavy atom. The van der Waals surface area contributed by atoms with Crippen LogP contribution in [0.3, 0.4) is 0 Å². The van der Waals surface area contributed by atoms with Crippen molar-refractivity contribution >= 4 is 46.2 Å². The van der Waals surface area contributed by atoms with E-state index in [9.17, 15) is 14.4 Å². The molecule has 2 unspecified atom stereocenters. The monoisotopic (exact) mass is 511 g/mol. The van der Waals surface area contributed by atoms with E-state index < -0.39 is 6.04 Å². The number of unbranched alkanes of at least 4 members (excludes halogenated alkanes) is 1. The van der Waals surface area contributed by atoms with Crippen molar-refractivity contribution in [3.8, 4) is 0 Å². The molecule has 0 saturated heterocycles. The van der Waals surface area contributed by atoms with Crippen LogP contribution in [0.1, 0.15) is 83.6 Å². The van der Waals surface area contributed by atoms with Crippen LogP contribution in [0.15, 0.2) is 34.3 Å². The van der Waals surface area contributed by atoms with E-state index in [1.54, 1.807) is 4.90 Å². The van der Waals surface area contributed by atoms with Crippen LogP contribution in [0, 0.1) is 0 Å². The first kappa shape index (κ1) is 26.4. The van der Waals surface area contributed by atoms with Crippen LogP contribution >= 0.6 is 11.8 Å². The minimum Gasteiger partial charge on any atom is -0.356 e. The number of nitrogens with one attached hydrogen (secondary N) is 2. The number of nitrogens with zero attached hydrogens (tertiary/aromatic N) is 3. The summed E-state index contributed by atoms with van der Waals surface area (Å²) >= 11 is 1.33. The summed E-state index contributed by atoms with van der Waals surface area (Å²) in [6.07, 6.45) is 8.74. The number of carbonyl (C=O) groups excluding carboxylic acids is 3. The number of thioether (sulfide) groups is 1. The molecule has 2 atom stereocenters. The van der Waals surface area contributed by atoms with Crippen LogP contribution in [-0.2, 0) is 14.4 Å². The van der Waals surface area contributed by atoms with Gasteiger partial charge in [0, 0.05) is 24.6 Å². The molecular formula is C27H37N5O3S. The van der Waals surface area contributed by atoms with Crippen LogP contribution in [0.2, 0.25) is 0 Å². The molecule has 1 aromatic carbocycles. The topological polar surface area (TPSA) is 103 Å². The van der Waals surface area contributed by atoms with Gasteiger partial charge in [0.1, 0.15) is 11.9 Å². The number of carbonyl (C=O) groups is 3. The summed E-state index contributed by atoms with van der Waals surface area (Å²) in [7, 11) is 0. The van der Waals surface area contributed by atoms with Crippen LogP contribution in [0.4, 0.5) is 5.69 Å². The second-order valence-corrected chi connectivity index (χ2v) is 10.8. The second kappa shape index (κ2) is 12.5. The first-order valence-electron chi connectivity index (χ1n) is 13.3. The van der Waals surface area contributed by atoms with E-state index in [-0.39, 0.29) is 35.4 Å². The molecule has 36 heavy (non-hydrogen) atoms. The van der Waals surface area contributed by atoms with Crippen LogP contribution in [-0.4, -0.2) is 57.5 Å². The van der Waals surface area contributed by atoms with E-state index in [0.717, 1.165) is 49.8 Å². The molecule has 2 N–H and O–H groups in total. The first-order valence-corrected chi connectivity index (χ1v) is 14.2. The van der Waals surface area contributed by atoms with Crippen molar-refractivity contribution in [2.24, 2.45) is 9.98 Å². The first-order chi connectivity index (χ1) is 17.5. The highest BCUT2D eigenvalue weighted by Gasteiger charge is 2.42. The molecule has 0 aromatic heterocycles. The van der Waals surface area contributed by atoms with Gasteiger partial charge in [0.05, 0.1) is 10.9 Å². The number of para-hydroxylation sites is 1. The smallest absolute Gasteiger partial charge is 0.259 e. The Labute approximate surface area is 217 Å². The summed E-state index contributed by atoms with van der Waals surface area (Å²) in [4.78, 5) is 49.9. The van der Waals surface area contributed by atoms with Crippen molar-refractivity contribution in [1.29, 1.82) is 0 Å². The Morgan fingerprint density at radius 2 is 1.94 bits per heavy atom. The van der Waals surface area contributed by atoms with Gasteiger partial charge in [-0.1, -0.05) is 63.4 Å². The summed E-state index contributed by atoms with van der Waals surface area (Å²) in [6.45, 7) is 4.71. The maximum atomic E-state index is 13.5. The van der Waals surface area contributed by atoms with Gasteiger partial charge < -0.3 is 10.6 Å². The Kier molecular flexibility index (Phi) is 9.18. The average molecular weight is 512 g/mol. The van der Waals surface area contributed by atoms with E-state index in [0.29, 0.717) is 30.4 Å². The Balaban J connectivity index is 1.48. The molecule has 8 nitrogen and oxygen atoms in total. The quantitative estimate of drug-likeness (QED) is 0.457. The summed E-state index contributed by atoms with van der Waals surface area (Å²) in [6, 6.07) is 7.21. The summed E-state index contributed by atoms with van der Waals surface area (Å²) in [5.41, 5.74) is 1.54. The lowest BCUT2D eigenvalue weighted by molar-refractivity contribution is -0.125. The van der Waals surface area contributed by atoms with E-state index in [1.165, 1.54) is 18.2 Å². The second-order valence-electron chi connectivity index (χ2n) is 9.65. The van der Waals surface area contributed by atoms with Gasteiger partial charge in [0.25, 0.3) is 5.91 Å². The molecule has 1 saturated carbocycles. The zero-order valence-electron chi connectivity index (χ0n) is 21.3. The SMILES string of the molecule is CCCCNC(=O)CCC1N=C2c3ccccc3N=C(SC(CC)C(=O)NC3CCCCC3)N2C1=O. The molecule has 0 spiro atoms. The van der Waals surface area contributed by atoms with E-state index in [4.69, 9.17) is 9.98 Å². The van der Waals surface area contributed by atoms with Gasteiger partial charge in [-0.15, -0.1) is 0 Å². The average Bonchev–Trinajstić information content (AvgIpc) is 3.23. The lowest BCUT2D eigenvalue weighted by Crippen LogP contribution is -2.45. The van der Waals surface area contributed by atoms with Gasteiger partial charge in [-0.2, -0.15) is 0 Å². The third kappa shape index (κ3) is 6.17. The van der Waals surface area contributed by atoms with Crippen molar-refractivity contribution in [2.45, 2.75) is 95.4 Å². The molecule has 3 aliphatic rings. The fourth-order valence-corrected chi connectivity index (χ4v) is 5.85. The van der Waals surface area contributed by atoms with Gasteiger partial charge in [-0.3, -0.25) is 19.4 Å². The molecule has 1 aromatic rings. The molecule has 2 heterocycles. The third-order valence-corrected chi connectivity index (χ3v) is 8.22. The number of benzene rings is 1. The van der Waals surface area contributed by atoms with Crippen molar-refractivity contribution < 1.29 is 14.4 Å². The van der Waals surface area contributed by atoms with Gasteiger partial charge in [-0.25, -0.2) is 9.89 Å². The molecule has 1 fully saturated rings. The molecule has 9 heteroatoms. The lowest BCUT2D eigenvalue weighted by Gasteiger charge is -2.29. The largest absolute Gasteiger partial charge is 0.356 e. The van der Waals surface area contributed by atoms with Crippen molar-refractivity contribution in [1.82, 2.24) is 15.5 Å². The van der Waals surface area contributed by atoms with Gasteiger partial charge in [0.2, 0.25) is 11.8 Å². The van der Waals surface area contributed by atoms with Crippen molar-refractivity contribution in [2.75, 3.05) is 6.54 Å². The third-order valence-electron chi connectivity index (χ3n) is 6.91. The Morgan fingerprint density at radius 3 is 2.69 bits per heavy atom. The number of amides is 3. The van der Waals surface area contributed by atoms with Crippen LogP contribution < -0.4 is 10.6 Å². The normalized spacial score (nSPS) is 20.2. The van der Waals surface area contributed by atoms with Crippen LogP contribution in [0.5, 0.6) is 0 Å². The fourth-order valence-electron chi connectivity index (χ4n) is 4.82. The maximum Gasteiger partial charge on any atom is 0.259 e. The number of rotatable bonds is 10. The molecule has 3 amide bonds. The minimum absolute atomic E-state index is 0.00129. The molecule has 2 aliphatic heterocycles. The summed E-state index contributed by atoms with van der Waals surface area (Å²) in [5, 5.41) is 6.25. The molecule has 1 aliphatic carbocycles. The van der Waals surface area contributed by atoms with Crippen molar-refractivity contribution in [3.05, 3.63) is 29.8 Å². The zero-order chi connectivity index (χ0) is 25.5. The zero-order valence-corrected chi connectivity index (χ0v) is 22.1. The molecule has 0 bridgehead atoms. The molecule has 4 rings (SSSR count). The number of hydrogen-bond acceptors (Lipinski definition) is 6. The predicted octanol–water partition coefficient (Wildman–Crippen LogP) is 4.30. The van der Waals surface area contributed by atoms with Gasteiger partial charge in [-0.05, 0) is 44.2 Å². The highest BCUT2D eigenvalue weighted by molar-refractivity contribution is 8.15. The standard InChI is InChI=1S/C27H37N5O3S/c1-3-5-17-28-23(33)16-15-21-26(35)32-24(30-21)19-13-9-10-14-20(19)31-27(32)36-22(4-2)25(34)29-18-11-7-6-8-12-18/h9-10,13-14,18,21-22H,3-8,11-12,15-17H2,1-2H3,(H,28,33)(H,29,34). The Hall–Kier alpha value is -2.68. The van der Waals surface area contributed by atoms with Crippen LogP contribution in [0.25, 0.3) is 0 Å². The highest BCUT2D eigenvalue weighted by atomic mass is 32.2. The highest BCUT2D eigenvalue weighted by Crippen LogP contribution is 2.36. The van der Waals surface area contributed by atoms with Gasteiger partial charge >= 0.3 is 0 Å². The van der Waals surface area contributed by atoms with E-state index in [2.05, 4.69) is 17.6 Å². The Bertz CT molecular complexity index is 1030. The fraction of sp³-hybridized carbons (Fsp3) is 0.593. The molecular weight excluding hydrogens is 474 g/mol. The van der Waals surface area contributed by atoms with E-state index >= 15 is 0 Å². The number of amidine groups is 2. The van der Waals surface area contributed by atoms with E-state index in [1.807, 2.05) is 31.2 Å². The number of fused-ring (bicyclic) bond motifs is 3. The predicted molar refractivity (Wildman–Crippen MR) is 145 cm³/mol. The number of hydrogen-bond donors (Lipinski definition) is 2.